The number of hydrogen-bond donors (Lipinski definition) is 1. The second-order valence-corrected chi connectivity index (χ2v) is 16.6. The minimum absolute atomic E-state index is 0.0207. The predicted octanol–water partition coefficient (Wildman–Crippen LogP) is 5.39. The van der Waals surface area contributed by atoms with Crippen LogP contribution < -0.4 is 10.5 Å². The molecule has 12 heteroatoms. The van der Waals surface area contributed by atoms with Crippen molar-refractivity contribution in [2.75, 3.05) is 6.61 Å². The van der Waals surface area contributed by atoms with Gasteiger partial charge in [0.25, 0.3) is 0 Å². The number of nitrogens with two attached hydrogens (primary N) is 1. The molecule has 1 amide bonds. The summed E-state index contributed by atoms with van der Waals surface area (Å²) < 4.78 is 15.7. The largest absolute Gasteiger partial charge is 0.456 e. The number of aromatic nitrogens is 6. The molecule has 10 nitrogen and oxygen atoms in total. The molecule has 202 valence electrons. The second kappa shape index (κ2) is 10.8. The van der Waals surface area contributed by atoms with Gasteiger partial charge in [0.15, 0.2) is 0 Å². The fourth-order valence-electron chi connectivity index (χ4n) is 4.10. The maximum Gasteiger partial charge on any atom is 0.239 e. The number of ether oxygens (including phenoxy) is 2. The highest BCUT2D eigenvalue weighted by Gasteiger charge is 2.16. The van der Waals surface area contributed by atoms with Gasteiger partial charge < -0.3 is 19.8 Å². The average molecular weight is 564 g/mol. The molecule has 0 aliphatic carbocycles. The van der Waals surface area contributed by atoms with E-state index in [4.69, 9.17) is 31.8 Å². The fourth-order valence-corrected chi connectivity index (χ4v) is 5.09. The number of benzene rings is 2. The summed E-state index contributed by atoms with van der Waals surface area (Å²) in [7, 11) is -1.16. The van der Waals surface area contributed by atoms with E-state index in [0.717, 1.165) is 29.5 Å². The molecule has 39 heavy (non-hydrogen) atoms. The van der Waals surface area contributed by atoms with Crippen molar-refractivity contribution in [1.29, 1.82) is 0 Å². The number of primary amides is 1. The normalized spacial score (nSPS) is 11.9. The van der Waals surface area contributed by atoms with Gasteiger partial charge in [0.05, 0.1) is 34.6 Å². The monoisotopic (exact) mass is 563 g/mol. The van der Waals surface area contributed by atoms with Gasteiger partial charge in [-0.15, -0.1) is 0 Å². The minimum Gasteiger partial charge on any atom is -0.456 e. The van der Waals surface area contributed by atoms with Crippen LogP contribution in [0.4, 0.5) is 0 Å². The van der Waals surface area contributed by atoms with Gasteiger partial charge in [0.1, 0.15) is 41.1 Å². The van der Waals surface area contributed by atoms with Crippen LogP contribution in [0.2, 0.25) is 30.7 Å². The molecule has 0 saturated carbocycles. The quantitative estimate of drug-likeness (QED) is 0.178. The van der Waals surface area contributed by atoms with Crippen molar-refractivity contribution in [3.8, 4) is 22.8 Å². The van der Waals surface area contributed by atoms with Crippen LogP contribution >= 0.6 is 11.6 Å². The molecule has 0 aliphatic rings. The Morgan fingerprint density at radius 3 is 2.67 bits per heavy atom. The first kappa shape index (κ1) is 26.8. The Labute approximate surface area is 231 Å². The van der Waals surface area contributed by atoms with Crippen LogP contribution in [-0.2, 0) is 22.8 Å². The molecule has 0 spiro atoms. The molecule has 0 radical (unpaired) electrons. The molecular formula is C27H30ClN7O3Si. The van der Waals surface area contributed by atoms with Crippen molar-refractivity contribution in [3.63, 3.8) is 0 Å². The average Bonchev–Trinajstić information content (AvgIpc) is 3.46. The molecule has 3 aromatic heterocycles. The Bertz CT molecular complexity index is 1680. The van der Waals surface area contributed by atoms with E-state index in [-0.39, 0.29) is 6.54 Å². The Hall–Kier alpha value is -3.80. The van der Waals surface area contributed by atoms with Crippen molar-refractivity contribution < 1.29 is 14.3 Å². The highest BCUT2D eigenvalue weighted by Crippen LogP contribution is 2.36. The van der Waals surface area contributed by atoms with Crippen LogP contribution in [0.3, 0.4) is 0 Å². The van der Waals surface area contributed by atoms with E-state index in [1.54, 1.807) is 24.7 Å². The summed E-state index contributed by atoms with van der Waals surface area (Å²) in [5.41, 5.74) is 9.42. The molecule has 2 N–H and O–H groups in total. The third-order valence-electron chi connectivity index (χ3n) is 6.22. The number of aryl methyl sites for hydroxylation is 1. The van der Waals surface area contributed by atoms with Crippen LogP contribution in [0.25, 0.3) is 33.3 Å². The lowest BCUT2D eigenvalue weighted by atomic mass is 10.2. The van der Waals surface area contributed by atoms with Gasteiger partial charge in [-0.05, 0) is 37.2 Å². The third-order valence-corrected chi connectivity index (χ3v) is 8.29. The standard InChI is InChI=1S/C27H30ClN7O3Si/c1-17-32-20-6-5-19(11-23(20)35(17)16-37-9-10-39(2,3)4)38-24-8-7-21-27(26(24)28)33-22(13-30-21)18-12-31-34(14-18)15-25(29)36/h5-8,11-14H,9-10,15-16H2,1-4H3,(H2,29,36). The van der Waals surface area contributed by atoms with Gasteiger partial charge in [0, 0.05) is 32.5 Å². The van der Waals surface area contributed by atoms with Gasteiger partial charge in [-0.3, -0.25) is 14.5 Å². The van der Waals surface area contributed by atoms with E-state index in [1.165, 1.54) is 4.68 Å². The molecular weight excluding hydrogens is 534 g/mol. The SMILES string of the molecule is Cc1nc2ccc(Oc3ccc4ncc(-c5cnn(CC(N)=O)c5)nc4c3Cl)cc2n1COCC[Si](C)(C)C. The number of imidazole rings is 1. The van der Waals surface area contributed by atoms with Gasteiger partial charge in [0.2, 0.25) is 5.91 Å². The van der Waals surface area contributed by atoms with Crippen LogP contribution in [0.5, 0.6) is 11.5 Å². The molecule has 0 saturated heterocycles. The molecule has 0 atom stereocenters. The fraction of sp³-hybridized carbons (Fsp3) is 0.296. The lowest BCUT2D eigenvalue weighted by Crippen LogP contribution is -2.22. The van der Waals surface area contributed by atoms with Crippen molar-refractivity contribution >= 4 is 47.6 Å². The number of nitrogens with zero attached hydrogens (tertiary/aromatic N) is 6. The van der Waals surface area contributed by atoms with E-state index in [9.17, 15) is 4.79 Å². The summed E-state index contributed by atoms with van der Waals surface area (Å²) in [5.74, 6) is 1.46. The number of hydrogen-bond acceptors (Lipinski definition) is 7. The Morgan fingerprint density at radius 2 is 1.90 bits per heavy atom. The van der Waals surface area contributed by atoms with Crippen molar-refractivity contribution in [3.05, 3.63) is 59.8 Å². The van der Waals surface area contributed by atoms with Crippen LogP contribution in [0, 0.1) is 6.92 Å². The Kier molecular flexibility index (Phi) is 7.39. The number of carbonyl (C=O) groups is 1. The molecule has 0 bridgehead atoms. The molecule has 0 aliphatic heterocycles. The zero-order valence-electron chi connectivity index (χ0n) is 22.3. The van der Waals surface area contributed by atoms with Crippen LogP contribution in [0.15, 0.2) is 48.9 Å². The maximum absolute atomic E-state index is 11.2. The lowest BCUT2D eigenvalue weighted by molar-refractivity contribution is -0.118. The Morgan fingerprint density at radius 1 is 1.10 bits per heavy atom. The van der Waals surface area contributed by atoms with Crippen LogP contribution in [0.1, 0.15) is 5.82 Å². The summed E-state index contributed by atoms with van der Waals surface area (Å²) in [6.07, 6.45) is 4.92. The molecule has 0 unspecified atom stereocenters. The smallest absolute Gasteiger partial charge is 0.239 e. The first-order valence-electron chi connectivity index (χ1n) is 12.6. The topological polar surface area (TPSA) is 123 Å². The van der Waals surface area contributed by atoms with E-state index in [0.29, 0.717) is 45.5 Å². The number of fused-ring (bicyclic) bond motifs is 2. The maximum atomic E-state index is 11.2. The second-order valence-electron chi connectivity index (χ2n) is 10.6. The first-order chi connectivity index (χ1) is 18.6. The molecule has 5 rings (SSSR count). The summed E-state index contributed by atoms with van der Waals surface area (Å²) >= 11 is 6.76. The van der Waals surface area contributed by atoms with E-state index >= 15 is 0 Å². The number of carbonyl (C=O) groups excluding carboxylic acids is 1. The van der Waals surface area contributed by atoms with Crippen molar-refractivity contribution in [1.82, 2.24) is 29.3 Å². The summed E-state index contributed by atoms with van der Waals surface area (Å²) in [6.45, 7) is 10.1. The summed E-state index contributed by atoms with van der Waals surface area (Å²) in [5, 5.41) is 4.49. The molecule has 0 fully saturated rings. The van der Waals surface area contributed by atoms with E-state index in [1.807, 2.05) is 35.8 Å². The Balaban J connectivity index is 1.40. The summed E-state index contributed by atoms with van der Waals surface area (Å²) in [4.78, 5) is 25.0. The number of amides is 1. The number of halogens is 1. The molecule has 3 heterocycles. The predicted molar refractivity (Wildman–Crippen MR) is 154 cm³/mol. The van der Waals surface area contributed by atoms with Crippen molar-refractivity contribution in [2.45, 2.75) is 45.9 Å². The minimum atomic E-state index is -1.16. The van der Waals surface area contributed by atoms with Gasteiger partial charge >= 0.3 is 0 Å². The molecule has 2 aromatic carbocycles. The van der Waals surface area contributed by atoms with E-state index < -0.39 is 14.0 Å². The first-order valence-corrected chi connectivity index (χ1v) is 16.6. The van der Waals surface area contributed by atoms with Crippen LogP contribution in [-0.4, -0.2) is 49.9 Å². The van der Waals surface area contributed by atoms with Gasteiger partial charge in [-0.1, -0.05) is 31.2 Å². The lowest BCUT2D eigenvalue weighted by Gasteiger charge is -2.16. The van der Waals surface area contributed by atoms with Crippen molar-refractivity contribution in [2.24, 2.45) is 5.73 Å². The zero-order chi connectivity index (χ0) is 27.7. The highest BCUT2D eigenvalue weighted by molar-refractivity contribution is 6.76. The zero-order valence-corrected chi connectivity index (χ0v) is 24.1. The van der Waals surface area contributed by atoms with E-state index in [2.05, 4.69) is 34.7 Å². The summed E-state index contributed by atoms with van der Waals surface area (Å²) in [6, 6.07) is 10.4. The third kappa shape index (κ3) is 6.11. The van der Waals surface area contributed by atoms with Gasteiger partial charge in [-0.25, -0.2) is 9.97 Å². The van der Waals surface area contributed by atoms with Gasteiger partial charge in [-0.2, -0.15) is 5.10 Å². The highest BCUT2D eigenvalue weighted by atomic mass is 35.5. The molecule has 5 aromatic rings. The number of rotatable bonds is 10.